The number of halogens is 1. The fraction of sp³-hybridized carbons (Fsp3) is 0.545. The lowest BCUT2D eigenvalue weighted by atomic mass is 10.1. The predicted molar refractivity (Wildman–Crippen MR) is 64.6 cm³/mol. The second-order valence-corrected chi connectivity index (χ2v) is 4.74. The lowest BCUT2D eigenvalue weighted by Crippen LogP contribution is -2.00. The first-order valence-electron chi connectivity index (χ1n) is 5.07. The SMILES string of the molecule is CC[C@@H](Br)CCCc1cccnc1N. The molecule has 78 valence electrons. The van der Waals surface area contributed by atoms with Gasteiger partial charge < -0.3 is 5.73 Å². The normalized spacial score (nSPS) is 12.7. The van der Waals surface area contributed by atoms with Crippen LogP contribution in [0.5, 0.6) is 0 Å². The van der Waals surface area contributed by atoms with Crippen LogP contribution in [0.25, 0.3) is 0 Å². The number of aromatic nitrogens is 1. The molecule has 14 heavy (non-hydrogen) atoms. The topological polar surface area (TPSA) is 38.9 Å². The molecule has 2 nitrogen and oxygen atoms in total. The molecule has 0 saturated heterocycles. The van der Waals surface area contributed by atoms with E-state index < -0.39 is 0 Å². The molecule has 0 aliphatic heterocycles. The highest BCUT2D eigenvalue weighted by molar-refractivity contribution is 9.09. The number of nitrogens with two attached hydrogens (primary N) is 1. The van der Waals surface area contributed by atoms with Crippen molar-refractivity contribution in [1.82, 2.24) is 4.98 Å². The molecule has 0 aliphatic rings. The predicted octanol–water partition coefficient (Wildman–Crippen LogP) is 3.16. The maximum absolute atomic E-state index is 5.75. The fourth-order valence-corrected chi connectivity index (χ4v) is 1.70. The fourth-order valence-electron chi connectivity index (χ4n) is 1.38. The third kappa shape index (κ3) is 3.66. The van der Waals surface area contributed by atoms with Gasteiger partial charge in [-0.05, 0) is 37.3 Å². The van der Waals surface area contributed by atoms with Gasteiger partial charge in [-0.1, -0.05) is 28.9 Å². The molecule has 0 amide bonds. The summed E-state index contributed by atoms with van der Waals surface area (Å²) < 4.78 is 0. The van der Waals surface area contributed by atoms with Gasteiger partial charge in [0.1, 0.15) is 5.82 Å². The van der Waals surface area contributed by atoms with Crippen molar-refractivity contribution in [1.29, 1.82) is 0 Å². The van der Waals surface area contributed by atoms with Crippen LogP contribution < -0.4 is 5.73 Å². The van der Waals surface area contributed by atoms with Gasteiger partial charge in [0.15, 0.2) is 0 Å². The van der Waals surface area contributed by atoms with E-state index in [4.69, 9.17) is 5.73 Å². The van der Waals surface area contributed by atoms with E-state index in [-0.39, 0.29) is 0 Å². The number of nitrogens with zero attached hydrogens (tertiary/aromatic N) is 1. The minimum absolute atomic E-state index is 0.639. The Balaban J connectivity index is 2.35. The Morgan fingerprint density at radius 2 is 2.36 bits per heavy atom. The molecule has 0 spiro atoms. The van der Waals surface area contributed by atoms with Gasteiger partial charge in [0.05, 0.1) is 0 Å². The Labute approximate surface area is 94.0 Å². The van der Waals surface area contributed by atoms with Crippen molar-refractivity contribution in [2.45, 2.75) is 37.4 Å². The number of hydrogen-bond donors (Lipinski definition) is 1. The summed E-state index contributed by atoms with van der Waals surface area (Å²) in [5, 5.41) is 0. The number of alkyl halides is 1. The highest BCUT2D eigenvalue weighted by atomic mass is 79.9. The largest absolute Gasteiger partial charge is 0.383 e. The first kappa shape index (κ1) is 11.5. The van der Waals surface area contributed by atoms with E-state index in [0.29, 0.717) is 10.6 Å². The molecular formula is C11H17BrN2. The summed E-state index contributed by atoms with van der Waals surface area (Å²) >= 11 is 3.62. The van der Waals surface area contributed by atoms with Crippen LogP contribution in [0.15, 0.2) is 18.3 Å². The number of hydrogen-bond acceptors (Lipinski definition) is 2. The van der Waals surface area contributed by atoms with E-state index >= 15 is 0 Å². The number of nitrogen functional groups attached to an aromatic ring is 1. The summed E-state index contributed by atoms with van der Waals surface area (Å²) in [4.78, 5) is 4.70. The first-order chi connectivity index (χ1) is 6.74. The summed E-state index contributed by atoms with van der Waals surface area (Å²) in [6, 6.07) is 3.99. The summed E-state index contributed by atoms with van der Waals surface area (Å²) in [7, 11) is 0. The van der Waals surface area contributed by atoms with E-state index in [9.17, 15) is 0 Å². The van der Waals surface area contributed by atoms with Crippen LogP contribution >= 0.6 is 15.9 Å². The Morgan fingerprint density at radius 3 is 3.00 bits per heavy atom. The minimum atomic E-state index is 0.639. The van der Waals surface area contributed by atoms with E-state index in [1.165, 1.54) is 24.8 Å². The standard InChI is InChI=1S/C11H17BrN2/c1-2-10(12)7-3-5-9-6-4-8-14-11(9)13/h4,6,8,10H,2-3,5,7H2,1H3,(H2,13,14)/t10-/m1/s1. The molecule has 0 unspecified atom stereocenters. The van der Waals surface area contributed by atoms with Crippen LogP contribution in [0.2, 0.25) is 0 Å². The van der Waals surface area contributed by atoms with E-state index in [1.807, 2.05) is 6.07 Å². The maximum atomic E-state index is 5.75. The van der Waals surface area contributed by atoms with Gasteiger partial charge in [0.25, 0.3) is 0 Å². The molecule has 1 atom stereocenters. The zero-order valence-electron chi connectivity index (χ0n) is 8.54. The number of pyridine rings is 1. The van der Waals surface area contributed by atoms with E-state index in [1.54, 1.807) is 6.20 Å². The van der Waals surface area contributed by atoms with Crippen LogP contribution in [0.1, 0.15) is 31.7 Å². The molecule has 0 radical (unpaired) electrons. The Morgan fingerprint density at radius 1 is 1.57 bits per heavy atom. The molecule has 0 saturated carbocycles. The van der Waals surface area contributed by atoms with Gasteiger partial charge in [0, 0.05) is 11.0 Å². The molecule has 0 bridgehead atoms. The zero-order valence-corrected chi connectivity index (χ0v) is 10.1. The Kier molecular flexibility index (Phi) is 4.94. The zero-order chi connectivity index (χ0) is 10.4. The van der Waals surface area contributed by atoms with Crippen LogP contribution in [0.3, 0.4) is 0 Å². The molecule has 1 heterocycles. The smallest absolute Gasteiger partial charge is 0.126 e. The van der Waals surface area contributed by atoms with Crippen LogP contribution in [-0.2, 0) is 6.42 Å². The average molecular weight is 257 g/mol. The third-order valence-corrected chi connectivity index (χ3v) is 3.44. The molecule has 0 aromatic carbocycles. The molecule has 0 fully saturated rings. The quantitative estimate of drug-likeness (QED) is 0.823. The van der Waals surface area contributed by atoms with Crippen molar-refractivity contribution in [3.05, 3.63) is 23.9 Å². The molecule has 0 aliphatic carbocycles. The summed E-state index contributed by atoms with van der Waals surface area (Å²) in [6.07, 6.45) is 6.31. The number of anilines is 1. The van der Waals surface area contributed by atoms with Crippen LogP contribution in [0, 0.1) is 0 Å². The van der Waals surface area contributed by atoms with E-state index in [0.717, 1.165) is 6.42 Å². The third-order valence-electron chi connectivity index (χ3n) is 2.33. The summed E-state index contributed by atoms with van der Waals surface area (Å²) in [5.41, 5.74) is 6.92. The van der Waals surface area contributed by atoms with Gasteiger partial charge in [-0.2, -0.15) is 0 Å². The minimum Gasteiger partial charge on any atom is -0.383 e. The molecule has 1 rings (SSSR count). The van der Waals surface area contributed by atoms with Gasteiger partial charge in [-0.25, -0.2) is 4.98 Å². The molecule has 2 N–H and O–H groups in total. The highest BCUT2D eigenvalue weighted by Crippen LogP contribution is 2.16. The van der Waals surface area contributed by atoms with Gasteiger partial charge in [-0.3, -0.25) is 0 Å². The molecular weight excluding hydrogens is 240 g/mol. The Hall–Kier alpha value is -0.570. The Bertz CT molecular complexity index is 276. The summed E-state index contributed by atoms with van der Waals surface area (Å²) in [5.74, 6) is 0.676. The van der Waals surface area contributed by atoms with Gasteiger partial charge in [-0.15, -0.1) is 0 Å². The average Bonchev–Trinajstić information content (AvgIpc) is 2.20. The van der Waals surface area contributed by atoms with E-state index in [2.05, 4.69) is 33.9 Å². The van der Waals surface area contributed by atoms with Crippen LogP contribution in [-0.4, -0.2) is 9.81 Å². The lowest BCUT2D eigenvalue weighted by molar-refractivity contribution is 0.689. The van der Waals surface area contributed by atoms with Crippen molar-refractivity contribution in [2.24, 2.45) is 0 Å². The van der Waals surface area contributed by atoms with Crippen molar-refractivity contribution in [2.75, 3.05) is 5.73 Å². The van der Waals surface area contributed by atoms with Crippen molar-refractivity contribution >= 4 is 21.7 Å². The van der Waals surface area contributed by atoms with Gasteiger partial charge >= 0.3 is 0 Å². The second kappa shape index (κ2) is 6.02. The van der Waals surface area contributed by atoms with Crippen molar-refractivity contribution in [3.63, 3.8) is 0 Å². The molecule has 1 aromatic heterocycles. The molecule has 1 aromatic rings. The maximum Gasteiger partial charge on any atom is 0.126 e. The lowest BCUT2D eigenvalue weighted by Gasteiger charge is -2.07. The second-order valence-electron chi connectivity index (χ2n) is 3.45. The monoisotopic (exact) mass is 256 g/mol. The van der Waals surface area contributed by atoms with Gasteiger partial charge in [0.2, 0.25) is 0 Å². The number of rotatable bonds is 5. The van der Waals surface area contributed by atoms with Crippen molar-refractivity contribution < 1.29 is 0 Å². The number of aryl methyl sites for hydroxylation is 1. The highest BCUT2D eigenvalue weighted by Gasteiger charge is 2.02. The first-order valence-corrected chi connectivity index (χ1v) is 5.99. The molecule has 3 heteroatoms. The summed E-state index contributed by atoms with van der Waals surface area (Å²) in [6.45, 7) is 2.19. The van der Waals surface area contributed by atoms with Crippen molar-refractivity contribution in [3.8, 4) is 0 Å². The van der Waals surface area contributed by atoms with Crippen LogP contribution in [0.4, 0.5) is 5.82 Å².